The van der Waals surface area contributed by atoms with Gasteiger partial charge in [-0.05, 0) is 19.3 Å². The van der Waals surface area contributed by atoms with Gasteiger partial charge in [0.2, 0.25) is 0 Å². The Balaban J connectivity index is 1.95. The first-order valence-electron chi connectivity index (χ1n) is 6.04. The van der Waals surface area contributed by atoms with Crippen LogP contribution in [0.5, 0.6) is 0 Å². The van der Waals surface area contributed by atoms with E-state index in [-0.39, 0.29) is 0 Å². The second-order valence-electron chi connectivity index (χ2n) is 4.52. The molecule has 0 spiro atoms. The molecule has 2 atom stereocenters. The van der Waals surface area contributed by atoms with Gasteiger partial charge in [-0.3, -0.25) is 0 Å². The number of halogens is 1. The van der Waals surface area contributed by atoms with E-state index in [0.717, 1.165) is 18.7 Å². The molecule has 1 aromatic heterocycles. The Bertz CT molecular complexity index is 439. The molecule has 5 heteroatoms. The van der Waals surface area contributed by atoms with Gasteiger partial charge in [0.25, 0.3) is 0 Å². The van der Waals surface area contributed by atoms with Crippen molar-refractivity contribution in [1.82, 2.24) is 9.97 Å². The van der Waals surface area contributed by atoms with Crippen molar-refractivity contribution in [3.05, 3.63) is 22.2 Å². The van der Waals surface area contributed by atoms with Crippen LogP contribution in [-0.2, 0) is 12.8 Å². The monoisotopic (exact) mass is 286 g/mol. The number of aromatic nitrogens is 2. The van der Waals surface area contributed by atoms with Crippen LogP contribution < -0.4 is 0 Å². The Morgan fingerprint density at radius 2 is 2.00 bits per heavy atom. The molecule has 1 aromatic rings. The van der Waals surface area contributed by atoms with Crippen LogP contribution in [-0.4, -0.2) is 26.7 Å². The molecule has 2 heterocycles. The third kappa shape index (κ3) is 2.32. The summed E-state index contributed by atoms with van der Waals surface area (Å²) in [5.41, 5.74) is 2.39. The van der Waals surface area contributed by atoms with Gasteiger partial charge in [0, 0.05) is 28.0 Å². The lowest BCUT2D eigenvalue weighted by Crippen LogP contribution is -2.19. The summed E-state index contributed by atoms with van der Waals surface area (Å²) < 4.78 is 0. The van der Waals surface area contributed by atoms with Gasteiger partial charge >= 0.3 is 0 Å². The molecule has 1 aliphatic heterocycles. The topological polar surface area (TPSA) is 25.8 Å². The Labute approximate surface area is 115 Å². The van der Waals surface area contributed by atoms with E-state index in [4.69, 9.17) is 16.6 Å². The second-order valence-corrected chi connectivity index (χ2v) is 7.61. The van der Waals surface area contributed by atoms with Crippen molar-refractivity contribution in [2.75, 3.05) is 11.5 Å². The molecule has 2 aliphatic rings. The summed E-state index contributed by atoms with van der Waals surface area (Å²) in [7, 11) is 0. The van der Waals surface area contributed by atoms with E-state index in [9.17, 15) is 0 Å². The van der Waals surface area contributed by atoms with E-state index in [1.54, 1.807) is 0 Å². The summed E-state index contributed by atoms with van der Waals surface area (Å²) in [6, 6.07) is 0. The maximum atomic E-state index is 6.27. The predicted octanol–water partition coefficient (Wildman–Crippen LogP) is 3.53. The molecular weight excluding hydrogens is 272 g/mol. The van der Waals surface area contributed by atoms with Gasteiger partial charge in [0.15, 0.2) is 0 Å². The smallest absolute Gasteiger partial charge is 0.144 e. The van der Waals surface area contributed by atoms with Gasteiger partial charge in [-0.1, -0.05) is 18.5 Å². The fraction of sp³-hybridized carbons (Fsp3) is 0.667. The van der Waals surface area contributed by atoms with E-state index < -0.39 is 0 Å². The van der Waals surface area contributed by atoms with Gasteiger partial charge in [-0.25, -0.2) is 9.97 Å². The highest BCUT2D eigenvalue weighted by Crippen LogP contribution is 2.42. The molecule has 0 saturated carbocycles. The number of fused-ring (bicyclic) bond motifs is 1. The van der Waals surface area contributed by atoms with Gasteiger partial charge in [-0.2, -0.15) is 11.8 Å². The first-order chi connectivity index (χ1) is 8.25. The quantitative estimate of drug-likeness (QED) is 0.738. The van der Waals surface area contributed by atoms with E-state index in [2.05, 4.69) is 11.9 Å². The Kier molecular flexibility index (Phi) is 3.55. The number of nitrogens with zero attached hydrogens (tertiary/aromatic N) is 2. The normalized spacial score (nSPS) is 28.1. The van der Waals surface area contributed by atoms with Crippen LogP contribution in [0.25, 0.3) is 0 Å². The number of rotatable bonds is 1. The largest absolute Gasteiger partial charge is 0.236 e. The Morgan fingerprint density at radius 3 is 2.82 bits per heavy atom. The maximum Gasteiger partial charge on any atom is 0.144 e. The Hall–Kier alpha value is 0.0700. The maximum absolute atomic E-state index is 6.27. The molecule has 1 fully saturated rings. The van der Waals surface area contributed by atoms with Crippen LogP contribution in [0.15, 0.2) is 0 Å². The predicted molar refractivity (Wildman–Crippen MR) is 76.2 cm³/mol. The summed E-state index contributed by atoms with van der Waals surface area (Å²) in [6.45, 7) is 2.27. The molecule has 1 aliphatic carbocycles. The zero-order valence-corrected chi connectivity index (χ0v) is 12.2. The fourth-order valence-corrected chi connectivity index (χ4v) is 5.43. The first-order valence-corrected chi connectivity index (χ1v) is 8.51. The zero-order chi connectivity index (χ0) is 11.8. The lowest BCUT2D eigenvalue weighted by atomic mass is 10.2. The second kappa shape index (κ2) is 4.98. The molecular formula is C12H15ClN2S2. The van der Waals surface area contributed by atoms with Gasteiger partial charge in [0.1, 0.15) is 11.0 Å². The summed E-state index contributed by atoms with van der Waals surface area (Å²) in [5, 5.41) is 1.70. The van der Waals surface area contributed by atoms with Crippen molar-refractivity contribution >= 4 is 35.1 Å². The standard InChI is InChI=1S/C12H15ClN2S2/c1-7-10(17-6-5-16-7)12-14-9-4-2-3-8(9)11(13)15-12/h7,10H,2-6H2,1H3. The van der Waals surface area contributed by atoms with Crippen molar-refractivity contribution in [2.24, 2.45) is 0 Å². The first kappa shape index (κ1) is 12.1. The van der Waals surface area contributed by atoms with Gasteiger partial charge < -0.3 is 0 Å². The van der Waals surface area contributed by atoms with Crippen molar-refractivity contribution in [2.45, 2.75) is 36.7 Å². The molecule has 2 nitrogen and oxygen atoms in total. The molecule has 0 radical (unpaired) electrons. The lowest BCUT2D eigenvalue weighted by Gasteiger charge is -2.26. The molecule has 0 aromatic carbocycles. The van der Waals surface area contributed by atoms with Crippen molar-refractivity contribution in [3.8, 4) is 0 Å². The van der Waals surface area contributed by atoms with Crippen LogP contribution in [0.2, 0.25) is 5.15 Å². The van der Waals surface area contributed by atoms with Crippen molar-refractivity contribution in [1.29, 1.82) is 0 Å². The highest BCUT2D eigenvalue weighted by molar-refractivity contribution is 8.06. The molecule has 2 unspecified atom stereocenters. The minimum absolute atomic E-state index is 0.414. The molecule has 3 rings (SSSR count). The molecule has 0 amide bonds. The van der Waals surface area contributed by atoms with E-state index in [1.165, 1.54) is 29.2 Å². The van der Waals surface area contributed by atoms with Crippen LogP contribution >= 0.6 is 35.1 Å². The number of hydrogen-bond donors (Lipinski definition) is 0. The zero-order valence-electron chi connectivity index (χ0n) is 9.78. The third-order valence-corrected chi connectivity index (χ3v) is 6.74. The lowest BCUT2D eigenvalue weighted by molar-refractivity contribution is 0.805. The summed E-state index contributed by atoms with van der Waals surface area (Å²) >= 11 is 10.3. The molecule has 17 heavy (non-hydrogen) atoms. The van der Waals surface area contributed by atoms with Crippen molar-refractivity contribution < 1.29 is 0 Å². The minimum atomic E-state index is 0.414. The van der Waals surface area contributed by atoms with Crippen LogP contribution in [0.1, 0.15) is 35.7 Å². The summed E-state index contributed by atoms with van der Waals surface area (Å²) in [4.78, 5) is 9.30. The van der Waals surface area contributed by atoms with Crippen molar-refractivity contribution in [3.63, 3.8) is 0 Å². The van der Waals surface area contributed by atoms with Crippen LogP contribution in [0.3, 0.4) is 0 Å². The third-order valence-electron chi connectivity index (χ3n) is 3.34. The highest BCUT2D eigenvalue weighted by Gasteiger charge is 2.28. The summed E-state index contributed by atoms with van der Waals surface area (Å²) in [6.07, 6.45) is 3.30. The fourth-order valence-electron chi connectivity index (χ4n) is 2.45. The average molecular weight is 287 g/mol. The number of hydrogen-bond acceptors (Lipinski definition) is 4. The van der Waals surface area contributed by atoms with E-state index in [0.29, 0.717) is 15.7 Å². The van der Waals surface area contributed by atoms with Gasteiger partial charge in [-0.15, -0.1) is 11.8 Å². The van der Waals surface area contributed by atoms with Crippen LogP contribution in [0.4, 0.5) is 0 Å². The van der Waals surface area contributed by atoms with E-state index in [1.807, 2.05) is 23.5 Å². The van der Waals surface area contributed by atoms with E-state index >= 15 is 0 Å². The molecule has 0 bridgehead atoms. The SMILES string of the molecule is CC1SCCSC1c1nc(Cl)c2c(n1)CCC2. The summed E-state index contributed by atoms with van der Waals surface area (Å²) in [5.74, 6) is 3.39. The minimum Gasteiger partial charge on any atom is -0.236 e. The Morgan fingerprint density at radius 1 is 1.18 bits per heavy atom. The average Bonchev–Trinajstić information content (AvgIpc) is 2.78. The molecule has 92 valence electrons. The molecule has 0 N–H and O–H groups in total. The molecule has 1 saturated heterocycles. The number of thioether (sulfide) groups is 2. The van der Waals surface area contributed by atoms with Crippen LogP contribution in [0, 0.1) is 0 Å². The number of aryl methyl sites for hydroxylation is 1. The highest BCUT2D eigenvalue weighted by atomic mass is 35.5. The van der Waals surface area contributed by atoms with Gasteiger partial charge in [0.05, 0.1) is 5.25 Å².